The predicted octanol–water partition coefficient (Wildman–Crippen LogP) is 1.02. The molecule has 0 saturated heterocycles. The lowest BCUT2D eigenvalue weighted by molar-refractivity contribution is 0.879. The number of aromatic nitrogens is 1. The predicted molar refractivity (Wildman–Crippen MR) is 44.7 cm³/mol. The maximum absolute atomic E-state index is 5.56. The Hall–Kier alpha value is -1.33. The van der Waals surface area contributed by atoms with Gasteiger partial charge in [-0.2, -0.15) is 0 Å². The van der Waals surface area contributed by atoms with Crippen LogP contribution in [0.25, 0.3) is 0 Å². The van der Waals surface area contributed by atoms with Gasteiger partial charge < -0.3 is 5.73 Å². The van der Waals surface area contributed by atoms with Gasteiger partial charge in [0.2, 0.25) is 0 Å². The van der Waals surface area contributed by atoms with Crippen molar-refractivity contribution >= 4 is 0 Å². The van der Waals surface area contributed by atoms with Crippen LogP contribution in [0.3, 0.4) is 0 Å². The number of hydrogen-bond acceptors (Lipinski definition) is 2. The van der Waals surface area contributed by atoms with Gasteiger partial charge in [-0.05, 0) is 19.1 Å². The Morgan fingerprint density at radius 3 is 2.91 bits per heavy atom. The standard InChI is InChI=1S/C9H10N2/c1-3-8(10)9-6-4-5-7(2)11-9/h1,4-6,8H,10H2,2H3. The van der Waals surface area contributed by atoms with Gasteiger partial charge in [-0.25, -0.2) is 0 Å². The van der Waals surface area contributed by atoms with Crippen LogP contribution in [-0.4, -0.2) is 4.98 Å². The van der Waals surface area contributed by atoms with Crippen LogP contribution >= 0.6 is 0 Å². The molecular weight excluding hydrogens is 136 g/mol. The highest BCUT2D eigenvalue weighted by atomic mass is 14.8. The first-order valence-electron chi connectivity index (χ1n) is 3.39. The molecule has 0 bridgehead atoms. The quantitative estimate of drug-likeness (QED) is 0.601. The fourth-order valence-corrected chi connectivity index (χ4v) is 0.823. The molecule has 1 atom stereocenters. The summed E-state index contributed by atoms with van der Waals surface area (Å²) in [6, 6.07) is 5.26. The van der Waals surface area contributed by atoms with E-state index in [0.717, 1.165) is 11.4 Å². The third-order valence-corrected chi connectivity index (χ3v) is 1.41. The Bertz CT molecular complexity index is 286. The van der Waals surface area contributed by atoms with Gasteiger partial charge >= 0.3 is 0 Å². The van der Waals surface area contributed by atoms with Gasteiger partial charge in [-0.1, -0.05) is 12.0 Å². The van der Waals surface area contributed by atoms with Crippen LogP contribution in [0.15, 0.2) is 18.2 Å². The molecular formula is C9H10N2. The minimum absolute atomic E-state index is 0.380. The van der Waals surface area contributed by atoms with Gasteiger partial charge in [0.1, 0.15) is 6.04 Å². The molecule has 0 aromatic carbocycles. The highest BCUT2D eigenvalue weighted by Gasteiger charge is 2.01. The molecule has 0 aliphatic rings. The Kier molecular flexibility index (Phi) is 2.25. The number of rotatable bonds is 1. The average molecular weight is 146 g/mol. The summed E-state index contributed by atoms with van der Waals surface area (Å²) in [6.45, 7) is 1.91. The first-order valence-corrected chi connectivity index (χ1v) is 3.39. The smallest absolute Gasteiger partial charge is 0.109 e. The van der Waals surface area contributed by atoms with E-state index in [9.17, 15) is 0 Å². The zero-order valence-corrected chi connectivity index (χ0v) is 6.41. The number of terminal acetylenes is 1. The number of pyridine rings is 1. The van der Waals surface area contributed by atoms with Crippen LogP contribution in [-0.2, 0) is 0 Å². The highest BCUT2D eigenvalue weighted by Crippen LogP contribution is 2.05. The maximum Gasteiger partial charge on any atom is 0.109 e. The minimum atomic E-state index is -0.380. The second-order valence-corrected chi connectivity index (χ2v) is 2.35. The van der Waals surface area contributed by atoms with E-state index in [1.54, 1.807) is 0 Å². The molecule has 0 spiro atoms. The third kappa shape index (κ3) is 1.79. The second kappa shape index (κ2) is 3.18. The summed E-state index contributed by atoms with van der Waals surface area (Å²) in [7, 11) is 0. The fraction of sp³-hybridized carbons (Fsp3) is 0.222. The van der Waals surface area contributed by atoms with Crippen molar-refractivity contribution in [3.8, 4) is 12.3 Å². The van der Waals surface area contributed by atoms with Crippen LogP contribution in [0.1, 0.15) is 17.4 Å². The molecule has 0 radical (unpaired) electrons. The van der Waals surface area contributed by atoms with Crippen LogP contribution in [0, 0.1) is 19.3 Å². The Balaban J connectivity index is 2.98. The summed E-state index contributed by atoms with van der Waals surface area (Å²) in [5, 5.41) is 0. The van der Waals surface area contributed by atoms with Crippen molar-refractivity contribution < 1.29 is 0 Å². The van der Waals surface area contributed by atoms with E-state index in [1.807, 2.05) is 25.1 Å². The van der Waals surface area contributed by atoms with Crippen molar-refractivity contribution in [2.75, 3.05) is 0 Å². The molecule has 0 aliphatic carbocycles. The Labute approximate surface area is 66.4 Å². The van der Waals surface area contributed by atoms with E-state index >= 15 is 0 Å². The number of hydrogen-bond donors (Lipinski definition) is 1. The van der Waals surface area contributed by atoms with E-state index in [4.69, 9.17) is 12.2 Å². The molecule has 0 amide bonds. The topological polar surface area (TPSA) is 38.9 Å². The van der Waals surface area contributed by atoms with Gasteiger partial charge in [0.25, 0.3) is 0 Å². The Morgan fingerprint density at radius 2 is 2.36 bits per heavy atom. The summed E-state index contributed by atoms with van der Waals surface area (Å²) in [4.78, 5) is 4.18. The molecule has 1 rings (SSSR count). The number of aryl methyl sites for hydroxylation is 1. The first-order chi connectivity index (χ1) is 5.24. The first kappa shape index (κ1) is 7.77. The average Bonchev–Trinajstić information content (AvgIpc) is 2.03. The van der Waals surface area contributed by atoms with E-state index in [0.29, 0.717) is 0 Å². The number of nitrogens with two attached hydrogens (primary N) is 1. The van der Waals surface area contributed by atoms with Crippen LogP contribution in [0.2, 0.25) is 0 Å². The molecule has 56 valence electrons. The molecule has 0 saturated carbocycles. The molecule has 1 unspecified atom stereocenters. The van der Waals surface area contributed by atoms with E-state index in [1.165, 1.54) is 0 Å². The van der Waals surface area contributed by atoms with E-state index < -0.39 is 0 Å². The summed E-state index contributed by atoms with van der Waals surface area (Å²) >= 11 is 0. The molecule has 2 heteroatoms. The lowest BCUT2D eigenvalue weighted by Gasteiger charge is -2.02. The largest absolute Gasteiger partial charge is 0.313 e. The van der Waals surface area contributed by atoms with Crippen LogP contribution in [0.5, 0.6) is 0 Å². The van der Waals surface area contributed by atoms with Gasteiger partial charge in [0.05, 0.1) is 5.69 Å². The molecule has 1 heterocycles. The fourth-order valence-electron chi connectivity index (χ4n) is 0.823. The maximum atomic E-state index is 5.56. The van der Waals surface area contributed by atoms with Gasteiger partial charge in [0.15, 0.2) is 0 Å². The molecule has 11 heavy (non-hydrogen) atoms. The molecule has 1 aromatic heterocycles. The van der Waals surface area contributed by atoms with Crippen molar-refractivity contribution in [2.24, 2.45) is 5.73 Å². The Morgan fingerprint density at radius 1 is 1.64 bits per heavy atom. The molecule has 2 nitrogen and oxygen atoms in total. The van der Waals surface area contributed by atoms with Crippen molar-refractivity contribution in [1.29, 1.82) is 0 Å². The molecule has 1 aromatic rings. The van der Waals surface area contributed by atoms with Gasteiger partial charge in [0, 0.05) is 5.69 Å². The van der Waals surface area contributed by atoms with Crippen LogP contribution in [0.4, 0.5) is 0 Å². The lowest BCUT2D eigenvalue weighted by atomic mass is 10.2. The van der Waals surface area contributed by atoms with Crippen molar-refractivity contribution in [3.05, 3.63) is 29.6 Å². The highest BCUT2D eigenvalue weighted by molar-refractivity contribution is 5.19. The summed E-state index contributed by atoms with van der Waals surface area (Å²) < 4.78 is 0. The third-order valence-electron chi connectivity index (χ3n) is 1.41. The molecule has 0 fully saturated rings. The van der Waals surface area contributed by atoms with Crippen molar-refractivity contribution in [1.82, 2.24) is 4.98 Å². The van der Waals surface area contributed by atoms with Crippen molar-refractivity contribution in [2.45, 2.75) is 13.0 Å². The zero-order valence-electron chi connectivity index (χ0n) is 6.41. The normalized spacial score (nSPS) is 12.1. The SMILES string of the molecule is C#CC(N)c1cccc(C)n1. The minimum Gasteiger partial charge on any atom is -0.313 e. The van der Waals surface area contributed by atoms with Crippen molar-refractivity contribution in [3.63, 3.8) is 0 Å². The lowest BCUT2D eigenvalue weighted by Crippen LogP contribution is -2.09. The number of nitrogens with zero attached hydrogens (tertiary/aromatic N) is 1. The molecule has 0 aliphatic heterocycles. The van der Waals surface area contributed by atoms with Gasteiger partial charge in [-0.15, -0.1) is 6.42 Å². The molecule has 2 N–H and O–H groups in total. The summed E-state index contributed by atoms with van der Waals surface area (Å²) in [5.74, 6) is 2.42. The van der Waals surface area contributed by atoms with Gasteiger partial charge in [-0.3, -0.25) is 4.98 Å². The van der Waals surface area contributed by atoms with Crippen LogP contribution < -0.4 is 5.73 Å². The second-order valence-electron chi connectivity index (χ2n) is 2.35. The summed E-state index contributed by atoms with van der Waals surface area (Å²) in [5.41, 5.74) is 7.26. The van der Waals surface area contributed by atoms with E-state index in [2.05, 4.69) is 10.9 Å². The monoisotopic (exact) mass is 146 g/mol. The summed E-state index contributed by atoms with van der Waals surface area (Å²) in [6.07, 6.45) is 5.14. The van der Waals surface area contributed by atoms with E-state index in [-0.39, 0.29) is 6.04 Å². The zero-order chi connectivity index (χ0) is 8.27.